The van der Waals surface area contributed by atoms with Crippen molar-refractivity contribution in [2.24, 2.45) is 10.9 Å². The van der Waals surface area contributed by atoms with E-state index in [2.05, 4.69) is 5.16 Å². The quantitative estimate of drug-likeness (QED) is 0.387. The lowest BCUT2D eigenvalue weighted by atomic mass is 10.1. The average molecular weight is 289 g/mol. The molecule has 21 heavy (non-hydrogen) atoms. The Morgan fingerprint density at radius 3 is 2.57 bits per heavy atom. The van der Waals surface area contributed by atoms with Gasteiger partial charge in [0.05, 0.1) is 5.69 Å². The van der Waals surface area contributed by atoms with Gasteiger partial charge in [0.2, 0.25) is 0 Å². The molecule has 0 saturated carbocycles. The van der Waals surface area contributed by atoms with Gasteiger partial charge >= 0.3 is 0 Å². The summed E-state index contributed by atoms with van der Waals surface area (Å²) in [5.74, 6) is -1.01. The van der Waals surface area contributed by atoms with Crippen LogP contribution in [-0.2, 0) is 6.42 Å². The van der Waals surface area contributed by atoms with Gasteiger partial charge in [0.1, 0.15) is 11.6 Å². The van der Waals surface area contributed by atoms with Crippen LogP contribution in [0, 0.1) is 11.6 Å². The molecule has 2 aromatic carbocycles. The lowest BCUT2D eigenvalue weighted by Crippen LogP contribution is -2.21. The number of anilines is 2. The Morgan fingerprint density at radius 1 is 1.10 bits per heavy atom. The van der Waals surface area contributed by atoms with Gasteiger partial charge in [-0.3, -0.25) is 0 Å². The minimum Gasteiger partial charge on any atom is -0.409 e. The van der Waals surface area contributed by atoms with Crippen molar-refractivity contribution in [1.82, 2.24) is 0 Å². The van der Waals surface area contributed by atoms with Crippen molar-refractivity contribution in [2.45, 2.75) is 6.42 Å². The van der Waals surface area contributed by atoms with Crippen molar-refractivity contribution in [3.05, 3.63) is 59.2 Å². The van der Waals surface area contributed by atoms with Gasteiger partial charge in [0, 0.05) is 17.8 Å². The fourth-order valence-electron chi connectivity index (χ4n) is 2.61. The van der Waals surface area contributed by atoms with Crippen LogP contribution < -0.4 is 10.6 Å². The highest BCUT2D eigenvalue weighted by Gasteiger charge is 2.24. The molecule has 0 unspecified atom stereocenters. The number of benzene rings is 2. The number of halogens is 2. The Balaban J connectivity index is 2.13. The van der Waals surface area contributed by atoms with Gasteiger partial charge in [0.15, 0.2) is 5.84 Å². The van der Waals surface area contributed by atoms with Crippen molar-refractivity contribution in [2.75, 3.05) is 11.4 Å². The first-order valence-corrected chi connectivity index (χ1v) is 6.43. The Bertz CT molecular complexity index is 731. The maximum atomic E-state index is 13.5. The van der Waals surface area contributed by atoms with Gasteiger partial charge in [-0.25, -0.2) is 8.78 Å². The molecule has 0 aromatic heterocycles. The lowest BCUT2D eigenvalue weighted by molar-refractivity contribution is 0.318. The number of oxime groups is 1. The van der Waals surface area contributed by atoms with Crippen molar-refractivity contribution in [1.29, 1.82) is 0 Å². The highest BCUT2D eigenvalue weighted by atomic mass is 19.1. The third-order valence-electron chi connectivity index (χ3n) is 3.58. The molecule has 0 saturated heterocycles. The summed E-state index contributed by atoms with van der Waals surface area (Å²) in [5, 5.41) is 11.8. The van der Waals surface area contributed by atoms with E-state index in [9.17, 15) is 8.78 Å². The van der Waals surface area contributed by atoms with Crippen molar-refractivity contribution in [3.8, 4) is 0 Å². The summed E-state index contributed by atoms with van der Waals surface area (Å²) in [7, 11) is 0. The van der Waals surface area contributed by atoms with E-state index in [4.69, 9.17) is 10.9 Å². The molecule has 2 aromatic rings. The van der Waals surface area contributed by atoms with Crippen LogP contribution in [0.3, 0.4) is 0 Å². The Kier molecular flexibility index (Phi) is 3.21. The first kappa shape index (κ1) is 13.4. The van der Waals surface area contributed by atoms with Gasteiger partial charge in [-0.15, -0.1) is 0 Å². The van der Waals surface area contributed by atoms with E-state index in [0.29, 0.717) is 17.9 Å². The molecule has 0 bridgehead atoms. The summed E-state index contributed by atoms with van der Waals surface area (Å²) >= 11 is 0. The molecule has 0 fully saturated rings. The summed E-state index contributed by atoms with van der Waals surface area (Å²) < 4.78 is 26.9. The molecular formula is C15H13F2N3O. The standard InChI is InChI=1S/C15H13F2N3O/c16-10-3-4-13(12(7-10)15(18)19-21)20-6-5-9-1-2-11(17)8-14(9)20/h1-4,7-8,21H,5-6H2,(H2,18,19). The van der Waals surface area contributed by atoms with E-state index in [1.165, 1.54) is 24.3 Å². The minimum atomic E-state index is -0.487. The maximum Gasteiger partial charge on any atom is 0.172 e. The SMILES string of the molecule is N/C(=N/O)c1cc(F)ccc1N1CCc2ccc(F)cc21. The molecule has 0 radical (unpaired) electrons. The van der Waals surface area contributed by atoms with E-state index in [1.54, 1.807) is 12.1 Å². The highest BCUT2D eigenvalue weighted by Crippen LogP contribution is 2.36. The molecule has 4 nitrogen and oxygen atoms in total. The van der Waals surface area contributed by atoms with Crippen molar-refractivity contribution < 1.29 is 14.0 Å². The zero-order chi connectivity index (χ0) is 15.0. The molecule has 0 atom stereocenters. The topological polar surface area (TPSA) is 61.9 Å². The normalized spacial score (nSPS) is 14.4. The zero-order valence-corrected chi connectivity index (χ0v) is 11.1. The van der Waals surface area contributed by atoms with Crippen LogP contribution in [0.2, 0.25) is 0 Å². The number of nitrogens with zero attached hydrogens (tertiary/aromatic N) is 2. The minimum absolute atomic E-state index is 0.186. The molecule has 108 valence electrons. The summed E-state index contributed by atoms with van der Waals surface area (Å²) in [4.78, 5) is 1.84. The van der Waals surface area contributed by atoms with Gasteiger partial charge in [-0.2, -0.15) is 0 Å². The van der Waals surface area contributed by atoms with Gasteiger partial charge in [-0.1, -0.05) is 11.2 Å². The second-order valence-corrected chi connectivity index (χ2v) is 4.82. The molecule has 0 spiro atoms. The first-order valence-electron chi connectivity index (χ1n) is 6.43. The van der Waals surface area contributed by atoms with Crippen LogP contribution in [0.4, 0.5) is 20.2 Å². The van der Waals surface area contributed by atoms with Gasteiger partial charge < -0.3 is 15.8 Å². The number of nitrogens with two attached hydrogens (primary N) is 1. The highest BCUT2D eigenvalue weighted by molar-refractivity contribution is 6.03. The Morgan fingerprint density at radius 2 is 1.81 bits per heavy atom. The molecular weight excluding hydrogens is 276 g/mol. The lowest BCUT2D eigenvalue weighted by Gasteiger charge is -2.22. The third kappa shape index (κ3) is 2.29. The third-order valence-corrected chi connectivity index (χ3v) is 3.58. The van der Waals surface area contributed by atoms with Crippen LogP contribution >= 0.6 is 0 Å². The number of hydrogen-bond acceptors (Lipinski definition) is 3. The summed E-state index contributed by atoms with van der Waals surface area (Å²) in [5.41, 5.74) is 8.19. The number of fused-ring (bicyclic) bond motifs is 1. The van der Waals surface area contributed by atoms with E-state index in [1.807, 2.05) is 4.90 Å². The molecule has 3 rings (SSSR count). The molecule has 1 heterocycles. The number of hydrogen-bond donors (Lipinski definition) is 2. The summed E-state index contributed by atoms with van der Waals surface area (Å²) in [6, 6.07) is 8.61. The smallest absolute Gasteiger partial charge is 0.172 e. The maximum absolute atomic E-state index is 13.5. The molecule has 6 heteroatoms. The zero-order valence-electron chi connectivity index (χ0n) is 11.1. The number of rotatable bonds is 2. The second kappa shape index (κ2) is 5.05. The monoisotopic (exact) mass is 289 g/mol. The average Bonchev–Trinajstić information content (AvgIpc) is 2.89. The van der Waals surface area contributed by atoms with Gasteiger partial charge in [0.25, 0.3) is 0 Å². The van der Waals surface area contributed by atoms with Crippen LogP contribution in [0.25, 0.3) is 0 Å². The van der Waals surface area contributed by atoms with Crippen LogP contribution in [0.5, 0.6) is 0 Å². The van der Waals surface area contributed by atoms with E-state index < -0.39 is 5.82 Å². The largest absolute Gasteiger partial charge is 0.409 e. The Labute approximate surface area is 120 Å². The van der Waals surface area contributed by atoms with E-state index in [0.717, 1.165) is 12.0 Å². The molecule has 0 aliphatic carbocycles. The van der Waals surface area contributed by atoms with E-state index >= 15 is 0 Å². The van der Waals surface area contributed by atoms with Crippen LogP contribution in [-0.4, -0.2) is 17.6 Å². The molecule has 1 aliphatic rings. The predicted octanol–water partition coefficient (Wildman–Crippen LogP) is 2.75. The fraction of sp³-hybridized carbons (Fsp3) is 0.133. The van der Waals surface area contributed by atoms with Gasteiger partial charge in [-0.05, 0) is 42.3 Å². The molecule has 1 aliphatic heterocycles. The van der Waals surface area contributed by atoms with Crippen LogP contribution in [0.15, 0.2) is 41.6 Å². The Hall–Kier alpha value is -2.63. The molecule has 3 N–H and O–H groups in total. The first-order chi connectivity index (χ1) is 10.1. The van der Waals surface area contributed by atoms with Crippen molar-refractivity contribution in [3.63, 3.8) is 0 Å². The van der Waals surface area contributed by atoms with E-state index in [-0.39, 0.29) is 17.2 Å². The fourth-order valence-corrected chi connectivity index (χ4v) is 2.61. The predicted molar refractivity (Wildman–Crippen MR) is 76.0 cm³/mol. The summed E-state index contributed by atoms with van der Waals surface area (Å²) in [6.07, 6.45) is 0.753. The number of amidine groups is 1. The molecule has 0 amide bonds. The van der Waals surface area contributed by atoms with Crippen molar-refractivity contribution >= 4 is 17.2 Å². The van der Waals surface area contributed by atoms with Crippen LogP contribution in [0.1, 0.15) is 11.1 Å². The summed E-state index contributed by atoms with van der Waals surface area (Å²) in [6.45, 7) is 0.621. The second-order valence-electron chi connectivity index (χ2n) is 4.82.